The predicted molar refractivity (Wildman–Crippen MR) is 89.2 cm³/mol. The maximum Gasteiger partial charge on any atom is 0.230 e. The van der Waals surface area contributed by atoms with Gasteiger partial charge in [-0.1, -0.05) is 23.8 Å². The summed E-state index contributed by atoms with van der Waals surface area (Å²) < 4.78 is 0. The Morgan fingerprint density at radius 3 is 2.65 bits per heavy atom. The van der Waals surface area contributed by atoms with E-state index in [2.05, 4.69) is 10.3 Å². The second-order valence-electron chi connectivity index (χ2n) is 5.90. The fraction of sp³-hybridized carbons (Fsp3) is 0.278. The summed E-state index contributed by atoms with van der Waals surface area (Å²) in [6.45, 7) is 4.29. The lowest BCUT2D eigenvalue weighted by molar-refractivity contribution is -0.122. The van der Waals surface area contributed by atoms with Gasteiger partial charge in [-0.15, -0.1) is 0 Å². The van der Waals surface area contributed by atoms with Crippen LogP contribution in [0.4, 0.5) is 11.5 Å². The summed E-state index contributed by atoms with van der Waals surface area (Å²) in [5.74, 6) is 0.0189. The van der Waals surface area contributed by atoms with Crippen molar-refractivity contribution in [2.75, 3.05) is 16.8 Å². The molecule has 1 aliphatic rings. The molecule has 1 fully saturated rings. The first-order valence-corrected chi connectivity index (χ1v) is 7.64. The molecule has 1 saturated heterocycles. The van der Waals surface area contributed by atoms with Crippen molar-refractivity contribution in [2.24, 2.45) is 5.92 Å². The van der Waals surface area contributed by atoms with Gasteiger partial charge in [-0.3, -0.25) is 9.59 Å². The molecule has 0 unspecified atom stereocenters. The van der Waals surface area contributed by atoms with Crippen LogP contribution in [-0.4, -0.2) is 23.3 Å². The topological polar surface area (TPSA) is 62.3 Å². The van der Waals surface area contributed by atoms with Crippen molar-refractivity contribution < 1.29 is 9.59 Å². The molecule has 1 aromatic heterocycles. The maximum absolute atomic E-state index is 12.4. The van der Waals surface area contributed by atoms with E-state index < -0.39 is 0 Å². The Kier molecular flexibility index (Phi) is 4.10. The molecule has 1 N–H and O–H groups in total. The number of carbonyl (C=O) groups excluding carboxylic acids is 2. The van der Waals surface area contributed by atoms with Crippen molar-refractivity contribution in [3.8, 4) is 0 Å². The van der Waals surface area contributed by atoms with Crippen LogP contribution in [0.3, 0.4) is 0 Å². The van der Waals surface area contributed by atoms with E-state index in [9.17, 15) is 9.59 Å². The Balaban J connectivity index is 1.71. The summed E-state index contributed by atoms with van der Waals surface area (Å²) in [6.07, 6.45) is 1.87. The molecule has 5 heteroatoms. The standard InChI is InChI=1S/C18H19N3O2/c1-12-5-7-15(8-6-12)21-11-14(10-16(21)22)18(23)20-17-13(2)4-3-9-19-17/h3-9,14H,10-11H2,1-2H3,(H,19,20,23)/t14-/m0/s1. The van der Waals surface area contributed by atoms with Crippen molar-refractivity contribution in [1.82, 2.24) is 4.98 Å². The van der Waals surface area contributed by atoms with Gasteiger partial charge < -0.3 is 10.2 Å². The zero-order chi connectivity index (χ0) is 16.4. The van der Waals surface area contributed by atoms with Crippen molar-refractivity contribution in [2.45, 2.75) is 20.3 Å². The second-order valence-corrected chi connectivity index (χ2v) is 5.90. The summed E-state index contributed by atoms with van der Waals surface area (Å²) in [6, 6.07) is 11.5. The Morgan fingerprint density at radius 1 is 1.22 bits per heavy atom. The van der Waals surface area contributed by atoms with Crippen molar-refractivity contribution in [3.05, 3.63) is 53.7 Å². The SMILES string of the molecule is Cc1ccc(N2C[C@@H](C(=O)Nc3ncccc3C)CC2=O)cc1. The first kappa shape index (κ1) is 15.2. The average Bonchev–Trinajstić information content (AvgIpc) is 2.92. The molecule has 3 rings (SSSR count). The molecule has 5 nitrogen and oxygen atoms in total. The lowest BCUT2D eigenvalue weighted by Gasteiger charge is -2.17. The highest BCUT2D eigenvalue weighted by Crippen LogP contribution is 2.26. The first-order chi connectivity index (χ1) is 11.0. The van der Waals surface area contributed by atoms with Crippen LogP contribution in [0.2, 0.25) is 0 Å². The molecule has 0 spiro atoms. The van der Waals surface area contributed by atoms with Gasteiger partial charge in [0.2, 0.25) is 11.8 Å². The number of nitrogens with one attached hydrogen (secondary N) is 1. The first-order valence-electron chi connectivity index (χ1n) is 7.64. The summed E-state index contributed by atoms with van der Waals surface area (Å²) in [5.41, 5.74) is 2.88. The van der Waals surface area contributed by atoms with Crippen LogP contribution >= 0.6 is 0 Å². The van der Waals surface area contributed by atoms with E-state index in [4.69, 9.17) is 0 Å². The smallest absolute Gasteiger partial charge is 0.230 e. The van der Waals surface area contributed by atoms with Crippen LogP contribution in [0.25, 0.3) is 0 Å². The molecule has 23 heavy (non-hydrogen) atoms. The summed E-state index contributed by atoms with van der Waals surface area (Å²) in [4.78, 5) is 30.5. The quantitative estimate of drug-likeness (QED) is 0.948. The van der Waals surface area contributed by atoms with E-state index in [1.54, 1.807) is 11.1 Å². The Labute approximate surface area is 135 Å². The number of hydrogen-bond acceptors (Lipinski definition) is 3. The lowest BCUT2D eigenvalue weighted by atomic mass is 10.1. The number of anilines is 2. The fourth-order valence-electron chi connectivity index (χ4n) is 2.69. The minimum absolute atomic E-state index is 0.0215. The van der Waals surface area contributed by atoms with Gasteiger partial charge in [-0.2, -0.15) is 0 Å². The zero-order valence-electron chi connectivity index (χ0n) is 13.2. The molecule has 1 atom stereocenters. The van der Waals surface area contributed by atoms with Gasteiger partial charge in [0, 0.05) is 24.8 Å². The largest absolute Gasteiger partial charge is 0.312 e. The molecule has 0 bridgehead atoms. The normalized spacial score (nSPS) is 17.4. The third-order valence-electron chi connectivity index (χ3n) is 4.09. The molecule has 1 aliphatic heterocycles. The number of rotatable bonds is 3. The van der Waals surface area contributed by atoms with Crippen LogP contribution < -0.4 is 10.2 Å². The molecule has 1 aromatic carbocycles. The highest BCUT2D eigenvalue weighted by molar-refractivity contribution is 6.03. The summed E-state index contributed by atoms with van der Waals surface area (Å²) in [5, 5.41) is 2.82. The van der Waals surface area contributed by atoms with E-state index in [-0.39, 0.29) is 24.2 Å². The van der Waals surface area contributed by atoms with E-state index in [0.29, 0.717) is 12.4 Å². The third kappa shape index (κ3) is 3.23. The van der Waals surface area contributed by atoms with Crippen molar-refractivity contribution in [3.63, 3.8) is 0 Å². The van der Waals surface area contributed by atoms with Gasteiger partial charge in [0.05, 0.1) is 5.92 Å². The molecule has 0 aliphatic carbocycles. The van der Waals surface area contributed by atoms with Gasteiger partial charge in [0.25, 0.3) is 0 Å². The number of aromatic nitrogens is 1. The summed E-state index contributed by atoms with van der Waals surface area (Å²) >= 11 is 0. The van der Waals surface area contributed by atoms with Gasteiger partial charge in [0.15, 0.2) is 0 Å². The molecular formula is C18H19N3O2. The maximum atomic E-state index is 12.4. The molecule has 0 saturated carbocycles. The van der Waals surface area contributed by atoms with Crippen LogP contribution in [0.1, 0.15) is 17.5 Å². The number of pyridine rings is 1. The minimum Gasteiger partial charge on any atom is -0.312 e. The van der Waals surface area contributed by atoms with Crippen molar-refractivity contribution >= 4 is 23.3 Å². The lowest BCUT2D eigenvalue weighted by Crippen LogP contribution is -2.28. The molecular weight excluding hydrogens is 290 g/mol. The number of nitrogens with zero attached hydrogens (tertiary/aromatic N) is 2. The Hall–Kier alpha value is -2.69. The number of aryl methyl sites for hydroxylation is 2. The fourth-order valence-corrected chi connectivity index (χ4v) is 2.69. The van der Waals surface area contributed by atoms with E-state index >= 15 is 0 Å². The Morgan fingerprint density at radius 2 is 1.96 bits per heavy atom. The Bertz CT molecular complexity index is 740. The number of amides is 2. The van der Waals surface area contributed by atoms with E-state index in [1.807, 2.05) is 50.2 Å². The van der Waals surface area contributed by atoms with E-state index in [0.717, 1.165) is 16.8 Å². The van der Waals surface area contributed by atoms with Crippen LogP contribution in [0, 0.1) is 19.8 Å². The van der Waals surface area contributed by atoms with Crippen LogP contribution in [0.15, 0.2) is 42.6 Å². The van der Waals surface area contributed by atoms with E-state index in [1.165, 1.54) is 0 Å². The van der Waals surface area contributed by atoms with Gasteiger partial charge >= 0.3 is 0 Å². The minimum atomic E-state index is -0.356. The van der Waals surface area contributed by atoms with Crippen molar-refractivity contribution in [1.29, 1.82) is 0 Å². The van der Waals surface area contributed by atoms with Gasteiger partial charge in [-0.05, 0) is 37.6 Å². The summed E-state index contributed by atoms with van der Waals surface area (Å²) in [7, 11) is 0. The third-order valence-corrected chi connectivity index (χ3v) is 4.09. The molecule has 2 aromatic rings. The van der Waals surface area contributed by atoms with Gasteiger partial charge in [0.1, 0.15) is 5.82 Å². The van der Waals surface area contributed by atoms with Gasteiger partial charge in [-0.25, -0.2) is 4.98 Å². The molecule has 2 heterocycles. The zero-order valence-corrected chi connectivity index (χ0v) is 13.2. The average molecular weight is 309 g/mol. The molecule has 2 amide bonds. The predicted octanol–water partition coefficient (Wildman–Crippen LogP) is 2.69. The highest BCUT2D eigenvalue weighted by atomic mass is 16.2. The number of carbonyl (C=O) groups is 2. The number of benzene rings is 1. The monoisotopic (exact) mass is 309 g/mol. The second kappa shape index (κ2) is 6.20. The molecule has 0 radical (unpaired) electrons. The number of hydrogen-bond donors (Lipinski definition) is 1. The van der Waals surface area contributed by atoms with Crippen LogP contribution in [-0.2, 0) is 9.59 Å². The molecule has 118 valence electrons. The highest BCUT2D eigenvalue weighted by Gasteiger charge is 2.35. The van der Waals surface area contributed by atoms with Crippen LogP contribution in [0.5, 0.6) is 0 Å².